The minimum absolute atomic E-state index is 0.00721. The van der Waals surface area contributed by atoms with Gasteiger partial charge in [0.15, 0.2) is 12.5 Å². The lowest BCUT2D eigenvalue weighted by atomic mass is 9.93. The van der Waals surface area contributed by atoms with Crippen molar-refractivity contribution < 1.29 is 37.1 Å². The van der Waals surface area contributed by atoms with Crippen molar-refractivity contribution in [3.05, 3.63) is 85.9 Å². The highest BCUT2D eigenvalue weighted by molar-refractivity contribution is 9.10. The lowest BCUT2D eigenvalue weighted by molar-refractivity contribution is -0.386. The highest BCUT2D eigenvalue weighted by atomic mass is 79.9. The van der Waals surface area contributed by atoms with E-state index in [1.54, 1.807) is 24.3 Å². The first-order valence-electron chi connectivity index (χ1n) is 11.4. The number of nitro groups is 1. The SMILES string of the molecule is COCCOCOc1ccc(N2CCc3cc(-c4ccc(C(F)(F)F)cc4Br)ccc3C2=O)cc1[N+](=O)[O-]. The van der Waals surface area contributed by atoms with Crippen LogP contribution in [0.15, 0.2) is 59.1 Å². The van der Waals surface area contributed by atoms with E-state index >= 15 is 0 Å². The van der Waals surface area contributed by atoms with E-state index in [1.807, 2.05) is 0 Å². The van der Waals surface area contributed by atoms with Gasteiger partial charge in [0.05, 0.1) is 29.4 Å². The highest BCUT2D eigenvalue weighted by Gasteiger charge is 2.31. The Kier molecular flexibility index (Phi) is 8.34. The molecule has 1 heterocycles. The topological polar surface area (TPSA) is 91.1 Å². The Morgan fingerprint density at radius 2 is 1.82 bits per heavy atom. The smallest absolute Gasteiger partial charge is 0.416 e. The number of carbonyl (C=O) groups is 1. The second-order valence-electron chi connectivity index (χ2n) is 8.34. The van der Waals surface area contributed by atoms with Crippen molar-refractivity contribution in [1.82, 2.24) is 0 Å². The molecule has 1 amide bonds. The second-order valence-corrected chi connectivity index (χ2v) is 9.20. The van der Waals surface area contributed by atoms with Crippen molar-refractivity contribution in [3.63, 3.8) is 0 Å². The van der Waals surface area contributed by atoms with Gasteiger partial charge in [0.2, 0.25) is 0 Å². The quantitative estimate of drug-likeness (QED) is 0.126. The van der Waals surface area contributed by atoms with Crippen LogP contribution in [0, 0.1) is 10.1 Å². The van der Waals surface area contributed by atoms with Crippen molar-refractivity contribution in [2.24, 2.45) is 0 Å². The average molecular weight is 595 g/mol. The summed E-state index contributed by atoms with van der Waals surface area (Å²) in [6.07, 6.45) is -4.00. The van der Waals surface area contributed by atoms with Gasteiger partial charge in [-0.15, -0.1) is 0 Å². The largest absolute Gasteiger partial charge is 0.460 e. The van der Waals surface area contributed by atoms with E-state index < -0.39 is 16.7 Å². The number of halogens is 4. The second kappa shape index (κ2) is 11.5. The van der Waals surface area contributed by atoms with Crippen molar-refractivity contribution in [2.75, 3.05) is 38.6 Å². The molecule has 3 aromatic rings. The number of amides is 1. The van der Waals surface area contributed by atoms with Crippen molar-refractivity contribution in [3.8, 4) is 16.9 Å². The first-order valence-corrected chi connectivity index (χ1v) is 12.2. The molecule has 1 aliphatic heterocycles. The Morgan fingerprint density at radius 3 is 2.50 bits per heavy atom. The van der Waals surface area contributed by atoms with Gasteiger partial charge in [-0.1, -0.05) is 34.1 Å². The number of hydrogen-bond donors (Lipinski definition) is 0. The number of fused-ring (bicyclic) bond motifs is 1. The van der Waals surface area contributed by atoms with Gasteiger partial charge >= 0.3 is 11.9 Å². The van der Waals surface area contributed by atoms with E-state index in [0.717, 1.165) is 17.7 Å². The van der Waals surface area contributed by atoms with Gasteiger partial charge in [-0.3, -0.25) is 14.9 Å². The molecule has 0 aromatic heterocycles. The van der Waals surface area contributed by atoms with Gasteiger partial charge in [0.25, 0.3) is 5.91 Å². The Balaban J connectivity index is 1.55. The third-order valence-electron chi connectivity index (χ3n) is 5.97. The first kappa shape index (κ1) is 27.6. The normalized spacial score (nSPS) is 13.4. The minimum Gasteiger partial charge on any atom is -0.460 e. The summed E-state index contributed by atoms with van der Waals surface area (Å²) >= 11 is 3.22. The maximum atomic E-state index is 13.3. The lowest BCUT2D eigenvalue weighted by Gasteiger charge is -2.29. The minimum atomic E-state index is -4.45. The molecule has 38 heavy (non-hydrogen) atoms. The van der Waals surface area contributed by atoms with E-state index in [-0.39, 0.29) is 41.8 Å². The zero-order chi connectivity index (χ0) is 27.4. The number of alkyl halides is 3. The van der Waals surface area contributed by atoms with Crippen LogP contribution in [0.4, 0.5) is 24.5 Å². The van der Waals surface area contributed by atoms with Crippen LogP contribution < -0.4 is 9.64 Å². The molecule has 0 atom stereocenters. The third-order valence-corrected chi connectivity index (χ3v) is 6.63. The fourth-order valence-corrected chi connectivity index (χ4v) is 4.68. The number of nitrogens with zero attached hydrogens (tertiary/aromatic N) is 2. The van der Waals surface area contributed by atoms with Crippen molar-refractivity contribution in [2.45, 2.75) is 12.6 Å². The molecule has 8 nitrogen and oxygen atoms in total. The zero-order valence-corrected chi connectivity index (χ0v) is 21.7. The maximum Gasteiger partial charge on any atom is 0.416 e. The van der Waals surface area contributed by atoms with Gasteiger partial charge in [-0.05, 0) is 53.4 Å². The summed E-state index contributed by atoms with van der Waals surface area (Å²) < 4.78 is 54.8. The van der Waals surface area contributed by atoms with E-state index in [1.165, 1.54) is 30.2 Å². The summed E-state index contributed by atoms with van der Waals surface area (Å²) in [6.45, 7) is 0.686. The van der Waals surface area contributed by atoms with E-state index in [4.69, 9.17) is 14.2 Å². The van der Waals surface area contributed by atoms with Crippen LogP contribution in [-0.4, -0.2) is 44.5 Å². The van der Waals surface area contributed by atoms with Crippen molar-refractivity contribution >= 4 is 33.2 Å². The maximum absolute atomic E-state index is 13.3. The lowest BCUT2D eigenvalue weighted by Crippen LogP contribution is -2.37. The van der Waals surface area contributed by atoms with Gasteiger partial charge in [-0.25, -0.2) is 0 Å². The van der Waals surface area contributed by atoms with Gasteiger partial charge < -0.3 is 19.1 Å². The predicted octanol–water partition coefficient (Wildman–Crippen LogP) is 6.25. The fourth-order valence-electron chi connectivity index (χ4n) is 4.07. The summed E-state index contributed by atoms with van der Waals surface area (Å²) in [5, 5.41) is 11.6. The number of carbonyl (C=O) groups excluding carboxylic acids is 1. The zero-order valence-electron chi connectivity index (χ0n) is 20.1. The summed E-state index contributed by atoms with van der Waals surface area (Å²) in [6, 6.07) is 12.7. The van der Waals surface area contributed by atoms with E-state index in [9.17, 15) is 28.1 Å². The Morgan fingerprint density at radius 1 is 1.05 bits per heavy atom. The number of nitro benzene ring substituents is 1. The molecule has 12 heteroatoms. The Hall–Kier alpha value is -3.48. The van der Waals surface area contributed by atoms with Crippen LogP contribution in [0.1, 0.15) is 21.5 Å². The van der Waals surface area contributed by atoms with Gasteiger partial charge in [-0.2, -0.15) is 13.2 Å². The molecule has 1 aliphatic rings. The number of anilines is 1. The van der Waals surface area contributed by atoms with Crippen LogP contribution in [0.25, 0.3) is 11.1 Å². The van der Waals surface area contributed by atoms with Gasteiger partial charge in [0, 0.05) is 29.8 Å². The summed E-state index contributed by atoms with van der Waals surface area (Å²) in [4.78, 5) is 25.8. The molecule has 0 aliphatic carbocycles. The molecule has 0 spiro atoms. The number of methoxy groups -OCH3 is 1. The number of hydrogen-bond acceptors (Lipinski definition) is 6. The number of rotatable bonds is 9. The average Bonchev–Trinajstić information content (AvgIpc) is 2.88. The Bertz CT molecular complexity index is 1370. The molecule has 0 saturated heterocycles. The fraction of sp³-hybridized carbons (Fsp3) is 0.269. The number of ether oxygens (including phenoxy) is 3. The molecule has 0 unspecified atom stereocenters. The predicted molar refractivity (Wildman–Crippen MR) is 136 cm³/mol. The molecule has 0 radical (unpaired) electrons. The molecular weight excluding hydrogens is 573 g/mol. The van der Waals surface area contributed by atoms with Crippen LogP contribution in [0.3, 0.4) is 0 Å². The van der Waals surface area contributed by atoms with E-state index in [0.29, 0.717) is 35.4 Å². The molecule has 0 N–H and O–H groups in total. The summed E-state index contributed by atoms with van der Waals surface area (Å²) in [7, 11) is 1.52. The standard InChI is InChI=1S/C26H22BrF3N2O6/c1-36-10-11-37-15-38-24-7-4-19(14-23(24)32(34)35)31-9-8-17-12-16(2-5-21(17)25(31)33)20-6-3-18(13-22(20)27)26(28,29)30/h2-7,12-14H,8-11,15H2,1H3. The van der Waals surface area contributed by atoms with Crippen LogP contribution in [-0.2, 0) is 22.1 Å². The van der Waals surface area contributed by atoms with Crippen LogP contribution >= 0.6 is 15.9 Å². The van der Waals surface area contributed by atoms with Crippen LogP contribution in [0.2, 0.25) is 0 Å². The molecule has 200 valence electrons. The molecular formula is C26H22BrF3N2O6. The molecule has 0 bridgehead atoms. The first-order chi connectivity index (χ1) is 18.1. The van der Waals surface area contributed by atoms with Gasteiger partial charge in [0.1, 0.15) is 0 Å². The number of benzene rings is 3. The Labute approximate surface area is 224 Å². The third kappa shape index (κ3) is 5.98. The molecule has 4 rings (SSSR count). The molecule has 3 aromatic carbocycles. The highest BCUT2D eigenvalue weighted by Crippen LogP contribution is 2.38. The molecule has 0 fully saturated rings. The van der Waals surface area contributed by atoms with Crippen molar-refractivity contribution in [1.29, 1.82) is 0 Å². The molecule has 0 saturated carbocycles. The summed E-state index contributed by atoms with van der Waals surface area (Å²) in [5.41, 5.74) is 1.65. The monoisotopic (exact) mass is 594 g/mol. The van der Waals surface area contributed by atoms with Crippen LogP contribution in [0.5, 0.6) is 5.75 Å². The van der Waals surface area contributed by atoms with E-state index in [2.05, 4.69) is 15.9 Å². The summed E-state index contributed by atoms with van der Waals surface area (Å²) in [5.74, 6) is -0.331.